The van der Waals surface area contributed by atoms with Crippen LogP contribution in [0.1, 0.15) is 116 Å². The summed E-state index contributed by atoms with van der Waals surface area (Å²) < 4.78 is 4.82. The van der Waals surface area contributed by atoms with Crippen LogP contribution in [0.2, 0.25) is 0 Å². The Morgan fingerprint density at radius 1 is 0.588 bits per heavy atom. The van der Waals surface area contributed by atoms with Crippen LogP contribution < -0.4 is 0 Å². The lowest BCUT2D eigenvalue weighted by atomic mass is 10.1. The van der Waals surface area contributed by atoms with Gasteiger partial charge in [-0.25, -0.2) is 4.79 Å². The molecule has 0 aromatic carbocycles. The van der Waals surface area contributed by atoms with Crippen molar-refractivity contribution >= 4 is 35.7 Å². The van der Waals surface area contributed by atoms with Gasteiger partial charge in [-0.1, -0.05) is 51.4 Å². The van der Waals surface area contributed by atoms with Gasteiger partial charge in [-0.3, -0.25) is 24.0 Å². The zero-order valence-corrected chi connectivity index (χ0v) is 19.9. The third kappa shape index (κ3) is 14.4. The number of esters is 2. The predicted octanol–water partition coefficient (Wildman–Crippen LogP) is 3.99. The third-order valence-corrected chi connectivity index (χ3v) is 5.46. The fraction of sp³-hybridized carbons (Fsp3) is 0.750. The molecule has 2 amide bonds. The van der Waals surface area contributed by atoms with E-state index in [4.69, 9.17) is 14.7 Å². The molecule has 1 aliphatic rings. The second-order valence-corrected chi connectivity index (χ2v) is 8.53. The molecular weight excluding hydrogens is 446 g/mol. The van der Waals surface area contributed by atoms with Crippen molar-refractivity contribution in [1.29, 1.82) is 0 Å². The molecule has 1 heterocycles. The number of rotatable bonds is 19. The number of aliphatic carboxylic acids is 1. The molecule has 0 atom stereocenters. The van der Waals surface area contributed by atoms with Crippen LogP contribution in [0.5, 0.6) is 0 Å². The first-order valence-corrected chi connectivity index (χ1v) is 12.3. The first kappa shape index (κ1) is 29.3. The molecule has 0 aliphatic carbocycles. The molecule has 1 saturated heterocycles. The number of carboxylic acids is 1. The van der Waals surface area contributed by atoms with E-state index < -0.39 is 35.7 Å². The van der Waals surface area contributed by atoms with Gasteiger partial charge < -0.3 is 14.7 Å². The quantitative estimate of drug-likeness (QED) is 0.125. The van der Waals surface area contributed by atoms with E-state index in [1.807, 2.05) is 0 Å². The number of amides is 2. The Hall–Kier alpha value is -2.78. The van der Waals surface area contributed by atoms with Crippen LogP contribution in [-0.4, -0.2) is 45.9 Å². The van der Waals surface area contributed by atoms with Gasteiger partial charge in [0.2, 0.25) is 0 Å². The maximum atomic E-state index is 11.7. The van der Waals surface area contributed by atoms with E-state index in [0.717, 1.165) is 51.4 Å². The molecule has 192 valence electrons. The average Bonchev–Trinajstić information content (AvgIpc) is 3.09. The van der Waals surface area contributed by atoms with Crippen LogP contribution in [-0.2, 0) is 38.3 Å². The van der Waals surface area contributed by atoms with E-state index in [1.54, 1.807) is 0 Å². The van der Waals surface area contributed by atoms with Crippen LogP contribution in [0.25, 0.3) is 0 Å². The number of ether oxygens (including phenoxy) is 1. The van der Waals surface area contributed by atoms with Crippen molar-refractivity contribution < 1.29 is 43.4 Å². The van der Waals surface area contributed by atoms with E-state index in [0.29, 0.717) is 30.7 Å². The topological polar surface area (TPSA) is 144 Å². The molecular formula is C24H37NO9. The van der Waals surface area contributed by atoms with Crippen molar-refractivity contribution in [2.75, 3.05) is 0 Å². The van der Waals surface area contributed by atoms with Crippen LogP contribution in [0.4, 0.5) is 0 Å². The van der Waals surface area contributed by atoms with Gasteiger partial charge in [0, 0.05) is 38.5 Å². The van der Waals surface area contributed by atoms with E-state index in [-0.39, 0.29) is 38.5 Å². The summed E-state index contributed by atoms with van der Waals surface area (Å²) in [5, 5.41) is 9.11. The van der Waals surface area contributed by atoms with Crippen LogP contribution in [0, 0.1) is 0 Å². The molecule has 0 aromatic rings. The Morgan fingerprint density at radius 3 is 1.35 bits per heavy atom. The molecule has 1 N–H and O–H groups in total. The third-order valence-electron chi connectivity index (χ3n) is 5.46. The van der Waals surface area contributed by atoms with Crippen LogP contribution in [0.3, 0.4) is 0 Å². The highest BCUT2D eigenvalue weighted by atomic mass is 16.7. The molecule has 0 saturated carbocycles. The second kappa shape index (κ2) is 17.7. The fourth-order valence-corrected chi connectivity index (χ4v) is 3.53. The van der Waals surface area contributed by atoms with E-state index >= 15 is 0 Å². The van der Waals surface area contributed by atoms with E-state index in [9.17, 15) is 28.8 Å². The summed E-state index contributed by atoms with van der Waals surface area (Å²) in [6.45, 7) is 0. The number of hydroxylamine groups is 2. The lowest BCUT2D eigenvalue weighted by Gasteiger charge is -2.12. The van der Waals surface area contributed by atoms with Gasteiger partial charge in [0.15, 0.2) is 0 Å². The molecule has 1 aliphatic heterocycles. The van der Waals surface area contributed by atoms with Crippen molar-refractivity contribution in [3.8, 4) is 0 Å². The highest BCUT2D eigenvalue weighted by Crippen LogP contribution is 2.15. The number of unbranched alkanes of at least 4 members (excludes halogenated alkanes) is 10. The minimum atomic E-state index is -0.778. The molecule has 10 heteroatoms. The number of hydrogen-bond donors (Lipinski definition) is 1. The molecule has 1 rings (SSSR count). The molecule has 0 aromatic heterocycles. The number of hydrogen-bond acceptors (Lipinski definition) is 8. The number of nitrogens with zero attached hydrogens (tertiary/aromatic N) is 1. The molecule has 0 unspecified atom stereocenters. The predicted molar refractivity (Wildman–Crippen MR) is 120 cm³/mol. The summed E-state index contributed by atoms with van der Waals surface area (Å²) >= 11 is 0. The number of carbonyl (C=O) groups excluding carboxylic acids is 5. The van der Waals surface area contributed by atoms with Gasteiger partial charge in [0.1, 0.15) is 0 Å². The standard InChI is InChI=1S/C24H37NO9/c26-19-17-18-20(27)25(19)34-24(32)16-12-8-4-3-7-11-15-23(31)33-22(30)14-10-6-2-1-5-9-13-21(28)29/h1-18H2,(H,28,29). The lowest BCUT2D eigenvalue weighted by Crippen LogP contribution is -2.31. The average molecular weight is 484 g/mol. The first-order chi connectivity index (χ1) is 16.3. The zero-order valence-electron chi connectivity index (χ0n) is 19.9. The van der Waals surface area contributed by atoms with E-state index in [1.165, 1.54) is 0 Å². The highest BCUT2D eigenvalue weighted by Gasteiger charge is 2.32. The van der Waals surface area contributed by atoms with Crippen molar-refractivity contribution in [1.82, 2.24) is 5.06 Å². The van der Waals surface area contributed by atoms with Gasteiger partial charge in [-0.05, 0) is 25.7 Å². The summed E-state index contributed by atoms with van der Waals surface area (Å²) in [7, 11) is 0. The van der Waals surface area contributed by atoms with Gasteiger partial charge in [0.25, 0.3) is 11.8 Å². The summed E-state index contributed by atoms with van der Waals surface area (Å²) in [5.41, 5.74) is 0. The number of carbonyl (C=O) groups is 6. The maximum absolute atomic E-state index is 11.7. The van der Waals surface area contributed by atoms with Crippen LogP contribution in [0.15, 0.2) is 0 Å². The van der Waals surface area contributed by atoms with Gasteiger partial charge in [0.05, 0.1) is 0 Å². The maximum Gasteiger partial charge on any atom is 0.333 e. The molecule has 0 spiro atoms. The van der Waals surface area contributed by atoms with Gasteiger partial charge >= 0.3 is 23.9 Å². The minimum Gasteiger partial charge on any atom is -0.481 e. The largest absolute Gasteiger partial charge is 0.481 e. The molecule has 1 fully saturated rings. The van der Waals surface area contributed by atoms with Crippen molar-refractivity contribution in [3.63, 3.8) is 0 Å². The Labute approximate surface area is 200 Å². The summed E-state index contributed by atoms with van der Waals surface area (Å²) in [6.07, 6.45) is 10.4. The Balaban J connectivity index is 1.90. The molecule has 0 radical (unpaired) electrons. The molecule has 0 bridgehead atoms. The SMILES string of the molecule is O=C(O)CCCCCCCCC(=O)OC(=O)CCCCCCCCC(=O)ON1C(=O)CCC1=O. The van der Waals surface area contributed by atoms with Gasteiger partial charge in [-0.2, -0.15) is 0 Å². The summed E-state index contributed by atoms with van der Waals surface area (Å²) in [5.74, 6) is -3.35. The van der Waals surface area contributed by atoms with E-state index in [2.05, 4.69) is 0 Å². The smallest absolute Gasteiger partial charge is 0.333 e. The lowest BCUT2D eigenvalue weighted by molar-refractivity contribution is -0.197. The number of imide groups is 1. The van der Waals surface area contributed by atoms with Gasteiger partial charge in [-0.15, -0.1) is 5.06 Å². The van der Waals surface area contributed by atoms with Crippen molar-refractivity contribution in [2.45, 2.75) is 116 Å². The monoisotopic (exact) mass is 483 g/mol. The normalized spacial score (nSPS) is 13.2. The summed E-state index contributed by atoms with van der Waals surface area (Å²) in [6, 6.07) is 0. The number of carboxylic acid groups (broad SMARTS) is 1. The minimum absolute atomic E-state index is 0.0760. The highest BCUT2D eigenvalue weighted by molar-refractivity contribution is 6.01. The Bertz CT molecular complexity index is 689. The first-order valence-electron chi connectivity index (χ1n) is 12.3. The van der Waals surface area contributed by atoms with Crippen molar-refractivity contribution in [2.24, 2.45) is 0 Å². The summed E-state index contributed by atoms with van der Waals surface area (Å²) in [4.78, 5) is 73.0. The van der Waals surface area contributed by atoms with Crippen molar-refractivity contribution in [3.05, 3.63) is 0 Å². The molecule has 34 heavy (non-hydrogen) atoms. The van der Waals surface area contributed by atoms with Crippen LogP contribution >= 0.6 is 0 Å². The second-order valence-electron chi connectivity index (χ2n) is 8.53. The zero-order chi connectivity index (χ0) is 25.2. The Kier molecular flexibility index (Phi) is 15.2. The Morgan fingerprint density at radius 2 is 0.941 bits per heavy atom. The fourth-order valence-electron chi connectivity index (χ4n) is 3.53. The molecule has 10 nitrogen and oxygen atoms in total.